The van der Waals surface area contributed by atoms with Crippen LogP contribution in [0.15, 0.2) is 24.3 Å². The van der Waals surface area contributed by atoms with Crippen molar-refractivity contribution >= 4 is 45.6 Å². The minimum absolute atomic E-state index is 0.00226. The van der Waals surface area contributed by atoms with Crippen LogP contribution in [0.2, 0.25) is 10.2 Å². The minimum atomic E-state index is -1.07. The minimum Gasteiger partial charge on any atom is -0.477 e. The number of carbonyl (C=O) groups is 1. The fourth-order valence-electron chi connectivity index (χ4n) is 1.73. The van der Waals surface area contributed by atoms with Crippen molar-refractivity contribution in [2.75, 3.05) is 11.9 Å². The Morgan fingerprint density at radius 2 is 2.15 bits per heavy atom. The van der Waals surface area contributed by atoms with Crippen LogP contribution in [-0.2, 0) is 0 Å². The van der Waals surface area contributed by atoms with Crippen LogP contribution in [0.3, 0.4) is 0 Å². The van der Waals surface area contributed by atoms with E-state index in [4.69, 9.17) is 28.3 Å². The summed E-state index contributed by atoms with van der Waals surface area (Å²) in [6.07, 6.45) is 0. The monoisotopic (exact) mass is 330 g/mol. The van der Waals surface area contributed by atoms with E-state index in [2.05, 4.69) is 4.98 Å². The van der Waals surface area contributed by atoms with Crippen molar-refractivity contribution in [3.05, 3.63) is 44.9 Å². The van der Waals surface area contributed by atoms with E-state index in [1.165, 1.54) is 0 Å². The van der Waals surface area contributed by atoms with Crippen LogP contribution in [0.25, 0.3) is 0 Å². The lowest BCUT2D eigenvalue weighted by molar-refractivity contribution is 0.0702. The van der Waals surface area contributed by atoms with E-state index >= 15 is 0 Å². The number of nitrogens with zero attached hydrogens (tertiary/aromatic N) is 2. The smallest absolute Gasteiger partial charge is 0.349 e. The van der Waals surface area contributed by atoms with Crippen molar-refractivity contribution in [1.29, 1.82) is 0 Å². The molecule has 4 nitrogen and oxygen atoms in total. The van der Waals surface area contributed by atoms with Crippen LogP contribution in [0.4, 0.5) is 5.13 Å². The summed E-state index contributed by atoms with van der Waals surface area (Å²) in [6, 6.07) is 7.51. The van der Waals surface area contributed by atoms with Crippen LogP contribution < -0.4 is 4.90 Å². The first-order valence-corrected chi connectivity index (χ1v) is 7.35. The van der Waals surface area contributed by atoms with Crippen molar-refractivity contribution < 1.29 is 9.90 Å². The fourth-order valence-corrected chi connectivity index (χ4v) is 3.09. The van der Waals surface area contributed by atoms with E-state index in [0.717, 1.165) is 16.9 Å². The highest BCUT2D eigenvalue weighted by atomic mass is 35.5. The highest BCUT2D eigenvalue weighted by Crippen LogP contribution is 2.33. The third-order valence-electron chi connectivity index (χ3n) is 2.98. The van der Waals surface area contributed by atoms with Gasteiger partial charge in [0.15, 0.2) is 15.2 Å². The first-order chi connectivity index (χ1) is 9.40. The predicted octanol–water partition coefficient (Wildman–Crippen LogP) is 4.35. The lowest BCUT2D eigenvalue weighted by Crippen LogP contribution is -2.21. The molecule has 2 rings (SSSR count). The van der Waals surface area contributed by atoms with E-state index in [0.29, 0.717) is 10.2 Å². The van der Waals surface area contributed by atoms with Crippen molar-refractivity contribution in [1.82, 2.24) is 4.98 Å². The number of anilines is 1. The Labute approximate surface area is 130 Å². The zero-order valence-corrected chi connectivity index (χ0v) is 13.1. The summed E-state index contributed by atoms with van der Waals surface area (Å²) >= 11 is 12.9. The zero-order chi connectivity index (χ0) is 14.9. The Morgan fingerprint density at radius 3 is 2.70 bits per heavy atom. The van der Waals surface area contributed by atoms with E-state index in [-0.39, 0.29) is 16.1 Å². The third kappa shape index (κ3) is 3.06. The van der Waals surface area contributed by atoms with E-state index in [9.17, 15) is 4.79 Å². The quantitative estimate of drug-likeness (QED) is 0.905. The highest BCUT2D eigenvalue weighted by molar-refractivity contribution is 7.18. The number of thiazole rings is 1. The molecule has 1 N–H and O–H groups in total. The van der Waals surface area contributed by atoms with Gasteiger partial charge < -0.3 is 10.0 Å². The largest absolute Gasteiger partial charge is 0.477 e. The molecule has 0 fully saturated rings. The lowest BCUT2D eigenvalue weighted by atomic mass is 10.1. The Bertz CT molecular complexity index is 645. The molecule has 0 bridgehead atoms. The molecule has 2 aromatic rings. The summed E-state index contributed by atoms with van der Waals surface area (Å²) in [6.45, 7) is 1.99. The SMILES string of the molecule is CC(c1cccc(Cl)c1)N(C)c1nc(Cl)c(C(=O)O)s1. The van der Waals surface area contributed by atoms with Crippen molar-refractivity contribution in [2.24, 2.45) is 0 Å². The van der Waals surface area contributed by atoms with Gasteiger partial charge in [-0.3, -0.25) is 0 Å². The van der Waals surface area contributed by atoms with Gasteiger partial charge in [-0.1, -0.05) is 46.7 Å². The normalized spacial score (nSPS) is 12.2. The summed E-state index contributed by atoms with van der Waals surface area (Å²) < 4.78 is 0. The average molecular weight is 331 g/mol. The fraction of sp³-hybridized carbons (Fsp3) is 0.231. The third-order valence-corrected chi connectivity index (χ3v) is 4.74. The molecule has 1 unspecified atom stereocenters. The van der Waals surface area contributed by atoms with E-state index < -0.39 is 5.97 Å². The molecule has 0 aliphatic heterocycles. The highest BCUT2D eigenvalue weighted by Gasteiger charge is 2.21. The van der Waals surface area contributed by atoms with Gasteiger partial charge in [-0.2, -0.15) is 0 Å². The van der Waals surface area contributed by atoms with Crippen LogP contribution in [0.5, 0.6) is 0 Å². The Morgan fingerprint density at radius 1 is 1.45 bits per heavy atom. The second kappa shape index (κ2) is 5.99. The molecule has 106 valence electrons. The summed E-state index contributed by atoms with van der Waals surface area (Å²) in [5, 5.41) is 10.2. The molecular weight excluding hydrogens is 319 g/mol. The second-order valence-electron chi connectivity index (χ2n) is 4.26. The van der Waals surface area contributed by atoms with Crippen molar-refractivity contribution in [2.45, 2.75) is 13.0 Å². The van der Waals surface area contributed by atoms with E-state index in [1.54, 1.807) is 6.07 Å². The van der Waals surface area contributed by atoms with Crippen LogP contribution >= 0.6 is 34.5 Å². The second-order valence-corrected chi connectivity index (χ2v) is 6.04. The molecule has 0 aliphatic carbocycles. The molecule has 1 heterocycles. The zero-order valence-electron chi connectivity index (χ0n) is 10.8. The maximum atomic E-state index is 11.0. The molecule has 20 heavy (non-hydrogen) atoms. The predicted molar refractivity (Wildman–Crippen MR) is 82.4 cm³/mol. The summed E-state index contributed by atoms with van der Waals surface area (Å²) in [5.41, 5.74) is 1.02. The Balaban J connectivity index is 2.29. The Hall–Kier alpha value is -1.30. The maximum Gasteiger partial charge on any atom is 0.349 e. The van der Waals surface area contributed by atoms with Gasteiger partial charge in [0.05, 0.1) is 6.04 Å². The molecule has 1 aromatic heterocycles. The molecule has 0 aliphatic rings. The van der Waals surface area contributed by atoms with Crippen LogP contribution in [0, 0.1) is 0 Å². The first-order valence-electron chi connectivity index (χ1n) is 5.78. The summed E-state index contributed by atoms with van der Waals surface area (Å²) in [7, 11) is 1.84. The van der Waals surface area contributed by atoms with Crippen molar-refractivity contribution in [3.8, 4) is 0 Å². The molecule has 0 amide bonds. The number of benzene rings is 1. The standard InChI is InChI=1S/C13H12Cl2N2O2S/c1-7(8-4-3-5-9(14)6-8)17(2)13-16-11(15)10(20-13)12(18)19/h3-7H,1-2H3,(H,18,19). The average Bonchev–Trinajstić information content (AvgIpc) is 2.79. The maximum absolute atomic E-state index is 11.0. The molecule has 1 aromatic carbocycles. The van der Waals surface area contributed by atoms with Crippen molar-refractivity contribution in [3.63, 3.8) is 0 Å². The van der Waals surface area contributed by atoms with Gasteiger partial charge in [-0.25, -0.2) is 9.78 Å². The number of hydrogen-bond donors (Lipinski definition) is 1. The van der Waals surface area contributed by atoms with Gasteiger partial charge in [0, 0.05) is 12.1 Å². The van der Waals surface area contributed by atoms with Gasteiger partial charge in [-0.15, -0.1) is 0 Å². The number of carboxylic acid groups (broad SMARTS) is 1. The molecular formula is C13H12Cl2N2O2S. The molecule has 0 saturated carbocycles. The van der Waals surface area contributed by atoms with E-state index in [1.807, 2.05) is 37.1 Å². The molecule has 0 radical (unpaired) electrons. The topological polar surface area (TPSA) is 53.4 Å². The van der Waals surface area contributed by atoms with Gasteiger partial charge in [0.2, 0.25) is 0 Å². The summed E-state index contributed by atoms with van der Waals surface area (Å²) in [4.78, 5) is 17.0. The summed E-state index contributed by atoms with van der Waals surface area (Å²) in [5.74, 6) is -1.07. The van der Waals surface area contributed by atoms with Gasteiger partial charge >= 0.3 is 5.97 Å². The van der Waals surface area contributed by atoms with Gasteiger partial charge in [0.1, 0.15) is 0 Å². The number of hydrogen-bond acceptors (Lipinski definition) is 4. The van der Waals surface area contributed by atoms with Crippen LogP contribution in [0.1, 0.15) is 28.2 Å². The molecule has 7 heteroatoms. The molecule has 1 atom stereocenters. The van der Waals surface area contributed by atoms with Crippen LogP contribution in [-0.4, -0.2) is 23.1 Å². The number of aromatic carboxylic acids is 1. The molecule has 0 spiro atoms. The Kier molecular flexibility index (Phi) is 4.52. The number of halogens is 2. The van der Waals surface area contributed by atoms with Gasteiger partial charge in [-0.05, 0) is 24.6 Å². The number of rotatable bonds is 4. The number of aromatic nitrogens is 1. The molecule has 0 saturated heterocycles. The van der Waals surface area contributed by atoms with Gasteiger partial charge in [0.25, 0.3) is 0 Å². The first kappa shape index (κ1) is 15.1. The number of carboxylic acids is 1. The lowest BCUT2D eigenvalue weighted by Gasteiger charge is -2.24.